The summed E-state index contributed by atoms with van der Waals surface area (Å²) < 4.78 is 5.80. The van der Waals surface area contributed by atoms with Gasteiger partial charge in [0.05, 0.1) is 0 Å². The van der Waals surface area contributed by atoms with Crippen molar-refractivity contribution in [2.24, 2.45) is 11.8 Å². The van der Waals surface area contributed by atoms with Crippen molar-refractivity contribution in [1.29, 1.82) is 0 Å². The van der Waals surface area contributed by atoms with Crippen molar-refractivity contribution < 1.29 is 9.52 Å². The van der Waals surface area contributed by atoms with Gasteiger partial charge in [0.15, 0.2) is 0 Å². The molecule has 3 rings (SSSR count). The third-order valence-electron chi connectivity index (χ3n) is 4.26. The van der Waals surface area contributed by atoms with Gasteiger partial charge in [-0.25, -0.2) is 0 Å². The van der Waals surface area contributed by atoms with Crippen LogP contribution in [0.4, 0.5) is 0 Å². The summed E-state index contributed by atoms with van der Waals surface area (Å²) in [5.41, 5.74) is 0. The molecule has 2 fully saturated rings. The Morgan fingerprint density at radius 1 is 1.31 bits per heavy atom. The number of aliphatic hydroxyl groups is 1. The molecule has 0 aliphatic heterocycles. The summed E-state index contributed by atoms with van der Waals surface area (Å²) in [6, 6.07) is 4.03. The molecule has 0 saturated heterocycles. The number of furan rings is 1. The molecule has 1 N–H and O–H groups in total. The summed E-state index contributed by atoms with van der Waals surface area (Å²) in [7, 11) is 0. The van der Waals surface area contributed by atoms with Crippen LogP contribution in [0.3, 0.4) is 0 Å². The second kappa shape index (κ2) is 3.92. The summed E-state index contributed by atoms with van der Waals surface area (Å²) in [6.45, 7) is 2.25. The molecular weight excluding hydrogens is 200 g/mol. The monoisotopic (exact) mass is 220 g/mol. The normalized spacial score (nSPS) is 31.9. The molecule has 0 bridgehead atoms. The van der Waals surface area contributed by atoms with Crippen LogP contribution in [0, 0.1) is 11.8 Å². The molecule has 3 atom stereocenters. The van der Waals surface area contributed by atoms with Gasteiger partial charge in [0.1, 0.15) is 17.6 Å². The minimum absolute atomic E-state index is 0.370. The lowest BCUT2D eigenvalue weighted by Crippen LogP contribution is -2.07. The second-order valence-electron chi connectivity index (χ2n) is 5.55. The summed E-state index contributed by atoms with van der Waals surface area (Å²) in [6.07, 6.45) is 5.69. The smallest absolute Gasteiger partial charge is 0.132 e. The first-order valence-electron chi connectivity index (χ1n) is 6.53. The first-order chi connectivity index (χ1) is 7.75. The maximum absolute atomic E-state index is 10.2. The van der Waals surface area contributed by atoms with Gasteiger partial charge in [-0.05, 0) is 43.2 Å². The standard InChI is InChI=1S/C14H20O2/c1-9-8-11(9)12-6-7-13(16-12)14(15)10-4-2-3-5-10/h6-7,9-11,14-15H,2-5,8H2,1H3. The Morgan fingerprint density at radius 2 is 2.00 bits per heavy atom. The van der Waals surface area contributed by atoms with Gasteiger partial charge in [0.2, 0.25) is 0 Å². The molecule has 88 valence electrons. The van der Waals surface area contributed by atoms with Crippen LogP contribution in [0.5, 0.6) is 0 Å². The lowest BCUT2D eigenvalue weighted by Gasteiger charge is -2.14. The van der Waals surface area contributed by atoms with Crippen LogP contribution in [0.25, 0.3) is 0 Å². The van der Waals surface area contributed by atoms with Gasteiger partial charge < -0.3 is 9.52 Å². The Labute approximate surface area is 96.7 Å². The van der Waals surface area contributed by atoms with Crippen molar-refractivity contribution in [3.63, 3.8) is 0 Å². The fourth-order valence-corrected chi connectivity index (χ4v) is 2.95. The van der Waals surface area contributed by atoms with Crippen molar-refractivity contribution in [1.82, 2.24) is 0 Å². The zero-order valence-corrected chi connectivity index (χ0v) is 9.86. The second-order valence-corrected chi connectivity index (χ2v) is 5.55. The Balaban J connectivity index is 1.71. The van der Waals surface area contributed by atoms with Crippen LogP contribution in [0.2, 0.25) is 0 Å². The first kappa shape index (κ1) is 10.4. The third-order valence-corrected chi connectivity index (χ3v) is 4.26. The number of hydrogen-bond acceptors (Lipinski definition) is 2. The quantitative estimate of drug-likeness (QED) is 0.843. The van der Waals surface area contributed by atoms with E-state index in [0.29, 0.717) is 11.8 Å². The highest BCUT2D eigenvalue weighted by Crippen LogP contribution is 2.48. The topological polar surface area (TPSA) is 33.4 Å². The van der Waals surface area contributed by atoms with E-state index in [9.17, 15) is 5.11 Å². The van der Waals surface area contributed by atoms with Crippen LogP contribution in [-0.2, 0) is 0 Å². The highest BCUT2D eigenvalue weighted by Gasteiger charge is 2.37. The number of rotatable bonds is 3. The van der Waals surface area contributed by atoms with Crippen LogP contribution in [0.15, 0.2) is 16.5 Å². The van der Waals surface area contributed by atoms with Gasteiger partial charge in [0.25, 0.3) is 0 Å². The Bertz CT molecular complexity index is 363. The molecule has 0 aromatic carbocycles. The molecular formula is C14H20O2. The molecule has 16 heavy (non-hydrogen) atoms. The van der Waals surface area contributed by atoms with Gasteiger partial charge in [-0.15, -0.1) is 0 Å². The average molecular weight is 220 g/mol. The molecule has 1 aromatic heterocycles. The molecule has 3 unspecified atom stereocenters. The van der Waals surface area contributed by atoms with Crippen molar-refractivity contribution in [2.45, 2.75) is 51.0 Å². The molecule has 0 amide bonds. The predicted molar refractivity (Wildman–Crippen MR) is 62.1 cm³/mol. The summed E-state index contributed by atoms with van der Waals surface area (Å²) in [4.78, 5) is 0. The highest BCUT2D eigenvalue weighted by molar-refractivity contribution is 5.19. The molecule has 1 aromatic rings. The zero-order chi connectivity index (χ0) is 11.1. The predicted octanol–water partition coefficient (Wildman–Crippen LogP) is 3.63. The molecule has 2 saturated carbocycles. The van der Waals surface area contributed by atoms with E-state index < -0.39 is 0 Å². The van der Waals surface area contributed by atoms with Crippen LogP contribution in [-0.4, -0.2) is 5.11 Å². The van der Waals surface area contributed by atoms with Crippen molar-refractivity contribution in [3.8, 4) is 0 Å². The summed E-state index contributed by atoms with van der Waals surface area (Å²) in [5.74, 6) is 3.68. The first-order valence-corrected chi connectivity index (χ1v) is 6.53. The summed E-state index contributed by atoms with van der Waals surface area (Å²) in [5, 5.41) is 10.2. The van der Waals surface area contributed by atoms with Crippen LogP contribution >= 0.6 is 0 Å². The molecule has 1 heterocycles. The SMILES string of the molecule is CC1CC1c1ccc(C(O)C2CCCC2)o1. The van der Waals surface area contributed by atoms with E-state index in [1.807, 2.05) is 6.07 Å². The van der Waals surface area contributed by atoms with Gasteiger partial charge in [-0.1, -0.05) is 19.8 Å². The van der Waals surface area contributed by atoms with Crippen LogP contribution in [0.1, 0.15) is 62.6 Å². The van der Waals surface area contributed by atoms with Gasteiger partial charge in [-0.3, -0.25) is 0 Å². The maximum Gasteiger partial charge on any atom is 0.132 e. The van der Waals surface area contributed by atoms with E-state index >= 15 is 0 Å². The average Bonchev–Trinajstić information content (AvgIpc) is 2.84. The van der Waals surface area contributed by atoms with E-state index in [4.69, 9.17) is 4.42 Å². The van der Waals surface area contributed by atoms with E-state index in [1.165, 1.54) is 19.3 Å². The van der Waals surface area contributed by atoms with E-state index in [1.54, 1.807) is 0 Å². The largest absolute Gasteiger partial charge is 0.463 e. The lowest BCUT2D eigenvalue weighted by atomic mass is 9.99. The number of aliphatic hydroxyl groups excluding tert-OH is 1. The van der Waals surface area contributed by atoms with Gasteiger partial charge in [-0.2, -0.15) is 0 Å². The molecule has 2 heteroatoms. The van der Waals surface area contributed by atoms with E-state index in [-0.39, 0.29) is 6.10 Å². The minimum atomic E-state index is -0.370. The van der Waals surface area contributed by atoms with Crippen molar-refractivity contribution in [2.75, 3.05) is 0 Å². The molecule has 2 nitrogen and oxygen atoms in total. The fourth-order valence-electron chi connectivity index (χ4n) is 2.95. The molecule has 0 radical (unpaired) electrons. The van der Waals surface area contributed by atoms with Gasteiger partial charge in [0, 0.05) is 5.92 Å². The number of hydrogen-bond donors (Lipinski definition) is 1. The highest BCUT2D eigenvalue weighted by atomic mass is 16.4. The van der Waals surface area contributed by atoms with Gasteiger partial charge >= 0.3 is 0 Å². The van der Waals surface area contributed by atoms with Crippen molar-refractivity contribution in [3.05, 3.63) is 23.7 Å². The minimum Gasteiger partial charge on any atom is -0.463 e. The van der Waals surface area contributed by atoms with E-state index in [2.05, 4.69) is 13.0 Å². The summed E-state index contributed by atoms with van der Waals surface area (Å²) >= 11 is 0. The van der Waals surface area contributed by atoms with E-state index in [0.717, 1.165) is 30.3 Å². The molecule has 0 spiro atoms. The fraction of sp³-hybridized carbons (Fsp3) is 0.714. The maximum atomic E-state index is 10.2. The lowest BCUT2D eigenvalue weighted by molar-refractivity contribution is 0.0874. The van der Waals surface area contributed by atoms with Crippen LogP contribution < -0.4 is 0 Å². The Hall–Kier alpha value is -0.760. The molecule has 2 aliphatic carbocycles. The molecule has 2 aliphatic rings. The Morgan fingerprint density at radius 3 is 2.62 bits per heavy atom. The Kier molecular flexibility index (Phi) is 2.55. The third kappa shape index (κ3) is 1.80. The van der Waals surface area contributed by atoms with Crippen molar-refractivity contribution >= 4 is 0 Å². The zero-order valence-electron chi connectivity index (χ0n) is 9.86.